The third-order valence-electron chi connectivity index (χ3n) is 2.14. The number of ether oxygens (including phenoxy) is 1. The molecule has 2 heterocycles. The van der Waals surface area contributed by atoms with E-state index in [1.54, 1.807) is 19.1 Å². The molecule has 18 heavy (non-hydrogen) atoms. The summed E-state index contributed by atoms with van der Waals surface area (Å²) >= 11 is 5.96. The highest BCUT2D eigenvalue weighted by molar-refractivity contribution is 6.32. The molecule has 0 radical (unpaired) electrons. The summed E-state index contributed by atoms with van der Waals surface area (Å²) < 4.78 is 6.32. The second-order valence-corrected chi connectivity index (χ2v) is 3.73. The fourth-order valence-electron chi connectivity index (χ4n) is 1.42. The minimum Gasteiger partial charge on any atom is -0.477 e. The van der Waals surface area contributed by atoms with Crippen molar-refractivity contribution in [1.29, 1.82) is 0 Å². The standard InChI is InChI=1S/C11H10ClN3O3/c1-2-18-9-6-8(11(16)17)15(14-9)10-7(12)4-3-5-13-10/h3-6H,2H2,1H3,(H,16,17). The normalized spacial score (nSPS) is 10.3. The first-order chi connectivity index (χ1) is 8.63. The van der Waals surface area contributed by atoms with E-state index in [4.69, 9.17) is 21.4 Å². The van der Waals surface area contributed by atoms with Gasteiger partial charge in [-0.1, -0.05) is 11.6 Å². The van der Waals surface area contributed by atoms with Gasteiger partial charge in [0.25, 0.3) is 0 Å². The predicted molar refractivity (Wildman–Crippen MR) is 64.5 cm³/mol. The van der Waals surface area contributed by atoms with Crippen molar-refractivity contribution in [3.05, 3.63) is 35.1 Å². The van der Waals surface area contributed by atoms with Crippen LogP contribution in [0, 0.1) is 0 Å². The molecule has 94 valence electrons. The van der Waals surface area contributed by atoms with Crippen molar-refractivity contribution in [2.45, 2.75) is 6.92 Å². The number of carboxylic acids is 1. The zero-order valence-electron chi connectivity index (χ0n) is 9.50. The van der Waals surface area contributed by atoms with E-state index in [9.17, 15) is 4.79 Å². The van der Waals surface area contributed by atoms with E-state index in [0.717, 1.165) is 4.68 Å². The Hall–Kier alpha value is -2.08. The molecule has 7 heteroatoms. The summed E-state index contributed by atoms with van der Waals surface area (Å²) in [4.78, 5) is 15.2. The minimum atomic E-state index is -1.13. The average molecular weight is 268 g/mol. The van der Waals surface area contributed by atoms with Crippen LogP contribution in [0.2, 0.25) is 5.02 Å². The Morgan fingerprint density at radius 1 is 1.61 bits per heavy atom. The molecule has 0 aliphatic heterocycles. The van der Waals surface area contributed by atoms with Crippen LogP contribution in [0.4, 0.5) is 0 Å². The Morgan fingerprint density at radius 3 is 3.00 bits per heavy atom. The highest BCUT2D eigenvalue weighted by atomic mass is 35.5. The van der Waals surface area contributed by atoms with Crippen molar-refractivity contribution < 1.29 is 14.6 Å². The van der Waals surface area contributed by atoms with Gasteiger partial charge in [-0.25, -0.2) is 14.5 Å². The van der Waals surface area contributed by atoms with E-state index >= 15 is 0 Å². The van der Waals surface area contributed by atoms with Crippen LogP contribution < -0.4 is 4.74 Å². The van der Waals surface area contributed by atoms with E-state index in [1.807, 2.05) is 0 Å². The molecule has 0 saturated heterocycles. The lowest BCUT2D eigenvalue weighted by Gasteiger charge is -2.04. The molecule has 0 aromatic carbocycles. The first kappa shape index (κ1) is 12.4. The molecule has 0 aliphatic rings. The lowest BCUT2D eigenvalue weighted by Crippen LogP contribution is -2.09. The van der Waals surface area contributed by atoms with E-state index in [0.29, 0.717) is 11.6 Å². The van der Waals surface area contributed by atoms with Gasteiger partial charge in [-0.3, -0.25) is 0 Å². The van der Waals surface area contributed by atoms with Crippen LogP contribution in [-0.4, -0.2) is 32.4 Å². The van der Waals surface area contributed by atoms with Crippen molar-refractivity contribution in [1.82, 2.24) is 14.8 Å². The molecule has 0 saturated carbocycles. The molecule has 6 nitrogen and oxygen atoms in total. The summed E-state index contributed by atoms with van der Waals surface area (Å²) in [5.41, 5.74) is -0.0564. The minimum absolute atomic E-state index is 0.0564. The number of nitrogens with zero attached hydrogens (tertiary/aromatic N) is 3. The van der Waals surface area contributed by atoms with Gasteiger partial charge in [-0.05, 0) is 19.1 Å². The van der Waals surface area contributed by atoms with E-state index < -0.39 is 5.97 Å². The zero-order chi connectivity index (χ0) is 13.1. The van der Waals surface area contributed by atoms with Gasteiger partial charge in [-0.15, -0.1) is 5.10 Å². The van der Waals surface area contributed by atoms with Gasteiger partial charge in [-0.2, -0.15) is 0 Å². The maximum Gasteiger partial charge on any atom is 0.354 e. The van der Waals surface area contributed by atoms with Crippen LogP contribution in [0.15, 0.2) is 24.4 Å². The predicted octanol–water partition coefficient (Wildman–Crippen LogP) is 2.02. The van der Waals surface area contributed by atoms with Crippen molar-refractivity contribution in [3.8, 4) is 11.7 Å². The summed E-state index contributed by atoms with van der Waals surface area (Å²) in [5, 5.41) is 13.4. The molecule has 0 aliphatic carbocycles. The lowest BCUT2D eigenvalue weighted by atomic mass is 10.4. The van der Waals surface area contributed by atoms with E-state index in [2.05, 4.69) is 10.1 Å². The third kappa shape index (κ3) is 2.28. The third-order valence-corrected chi connectivity index (χ3v) is 2.43. The SMILES string of the molecule is CCOc1cc(C(=O)O)n(-c2ncccc2Cl)n1. The molecule has 1 N–H and O–H groups in total. The summed E-state index contributed by atoms with van der Waals surface area (Å²) in [6, 6.07) is 4.59. The van der Waals surface area contributed by atoms with Crippen molar-refractivity contribution >= 4 is 17.6 Å². The molecule has 2 aromatic rings. The summed E-state index contributed by atoms with van der Waals surface area (Å²) in [6.07, 6.45) is 1.51. The van der Waals surface area contributed by atoms with Gasteiger partial charge in [0, 0.05) is 12.3 Å². The molecular weight excluding hydrogens is 258 g/mol. The molecular formula is C11H10ClN3O3. The van der Waals surface area contributed by atoms with Gasteiger partial charge in [0.2, 0.25) is 5.88 Å². The number of pyridine rings is 1. The molecule has 0 unspecified atom stereocenters. The molecule has 0 fully saturated rings. The highest BCUT2D eigenvalue weighted by Gasteiger charge is 2.18. The fraction of sp³-hybridized carbons (Fsp3) is 0.182. The Kier molecular flexibility index (Phi) is 3.47. The van der Waals surface area contributed by atoms with Crippen molar-refractivity contribution in [2.75, 3.05) is 6.61 Å². The molecule has 0 atom stereocenters. The first-order valence-corrected chi connectivity index (χ1v) is 5.58. The molecule has 0 spiro atoms. The van der Waals surface area contributed by atoms with Crippen molar-refractivity contribution in [3.63, 3.8) is 0 Å². The van der Waals surface area contributed by atoms with Gasteiger partial charge in [0.1, 0.15) is 0 Å². The molecule has 0 bridgehead atoms. The Labute approximate surface area is 108 Å². The number of hydrogen-bond acceptors (Lipinski definition) is 4. The summed E-state index contributed by atoms with van der Waals surface area (Å²) in [6.45, 7) is 2.18. The Bertz CT molecular complexity index is 583. The topological polar surface area (TPSA) is 77.2 Å². The van der Waals surface area contributed by atoms with Gasteiger partial charge >= 0.3 is 5.97 Å². The van der Waals surface area contributed by atoms with Crippen LogP contribution in [0.3, 0.4) is 0 Å². The number of carbonyl (C=O) groups is 1. The van der Waals surface area contributed by atoms with Crippen molar-refractivity contribution in [2.24, 2.45) is 0 Å². The largest absolute Gasteiger partial charge is 0.477 e. The number of carboxylic acid groups (broad SMARTS) is 1. The van der Waals surface area contributed by atoms with Crippen LogP contribution in [-0.2, 0) is 0 Å². The van der Waals surface area contributed by atoms with Gasteiger partial charge in [0.05, 0.1) is 11.6 Å². The molecule has 2 rings (SSSR count). The Morgan fingerprint density at radius 2 is 2.39 bits per heavy atom. The monoisotopic (exact) mass is 267 g/mol. The molecule has 2 aromatic heterocycles. The second-order valence-electron chi connectivity index (χ2n) is 3.33. The summed E-state index contributed by atoms with van der Waals surface area (Å²) in [5.74, 6) is -0.658. The average Bonchev–Trinajstić information content (AvgIpc) is 2.74. The van der Waals surface area contributed by atoms with E-state index in [1.165, 1.54) is 12.3 Å². The van der Waals surface area contributed by atoms with E-state index in [-0.39, 0.29) is 17.4 Å². The maximum absolute atomic E-state index is 11.1. The number of hydrogen-bond donors (Lipinski definition) is 1. The highest BCUT2D eigenvalue weighted by Crippen LogP contribution is 2.21. The zero-order valence-corrected chi connectivity index (χ0v) is 10.3. The number of halogens is 1. The quantitative estimate of drug-likeness (QED) is 0.917. The lowest BCUT2D eigenvalue weighted by molar-refractivity contribution is 0.0686. The van der Waals surface area contributed by atoms with Crippen LogP contribution >= 0.6 is 11.6 Å². The smallest absolute Gasteiger partial charge is 0.354 e. The number of rotatable bonds is 4. The first-order valence-electron chi connectivity index (χ1n) is 5.20. The number of aromatic nitrogens is 3. The Balaban J connectivity index is 2.55. The molecule has 0 amide bonds. The maximum atomic E-state index is 11.1. The van der Waals surface area contributed by atoms with Gasteiger partial charge in [0.15, 0.2) is 11.5 Å². The van der Waals surface area contributed by atoms with Crippen LogP contribution in [0.1, 0.15) is 17.4 Å². The van der Waals surface area contributed by atoms with Gasteiger partial charge < -0.3 is 9.84 Å². The van der Waals surface area contributed by atoms with Crippen LogP contribution in [0.5, 0.6) is 5.88 Å². The second kappa shape index (κ2) is 5.05. The fourth-order valence-corrected chi connectivity index (χ4v) is 1.63. The summed E-state index contributed by atoms with van der Waals surface area (Å²) in [7, 11) is 0. The number of aromatic carboxylic acids is 1. The van der Waals surface area contributed by atoms with Crippen LogP contribution in [0.25, 0.3) is 5.82 Å².